The smallest absolute Gasteiger partial charge is 0.349 e. The second kappa shape index (κ2) is 12.7. The molecule has 0 N–H and O–H groups in total. The minimum atomic E-state index is -2.89. The van der Waals surface area contributed by atoms with Crippen molar-refractivity contribution in [3.05, 3.63) is 102 Å². The molecular weight excluding hydrogens is 549 g/mol. The largest absolute Gasteiger partial charge is 0.391 e. The molecule has 2 bridgehead atoms. The third-order valence-corrected chi connectivity index (χ3v) is 14.2. The van der Waals surface area contributed by atoms with Crippen molar-refractivity contribution in [2.75, 3.05) is 6.61 Å². The zero-order valence-electron chi connectivity index (χ0n) is 25.1. The molecule has 5 atom stereocenters. The molecule has 3 aromatic carbocycles. The average Bonchev–Trinajstić information content (AvgIpc) is 3.07. The summed E-state index contributed by atoms with van der Waals surface area (Å²) in [4.78, 5) is 1.13. The van der Waals surface area contributed by atoms with E-state index < -0.39 is 8.56 Å². The van der Waals surface area contributed by atoms with Crippen molar-refractivity contribution in [3.63, 3.8) is 0 Å². The van der Waals surface area contributed by atoms with Crippen LogP contribution in [0.4, 0.5) is 0 Å². The van der Waals surface area contributed by atoms with Gasteiger partial charge in [0.1, 0.15) is 29.9 Å². The van der Waals surface area contributed by atoms with Crippen molar-refractivity contribution in [2.45, 2.75) is 99.6 Å². The highest BCUT2D eigenvalue weighted by Crippen LogP contribution is 2.55. The molecular formula is C34H44O5SSi. The third-order valence-electron chi connectivity index (χ3n) is 7.88. The number of fused-ring (bicyclic) bond motifs is 2. The Balaban J connectivity index is 1.54. The summed E-state index contributed by atoms with van der Waals surface area (Å²) in [5.74, 6) is 0. The van der Waals surface area contributed by atoms with Crippen LogP contribution in [0.2, 0.25) is 10.1 Å². The minimum absolute atomic E-state index is 0.196. The van der Waals surface area contributed by atoms with Crippen LogP contribution >= 0.6 is 11.8 Å². The molecule has 5 rings (SSSR count). The van der Waals surface area contributed by atoms with Gasteiger partial charge in [0.15, 0.2) is 0 Å². The van der Waals surface area contributed by atoms with E-state index in [9.17, 15) is 0 Å². The molecule has 3 aromatic rings. The second-order valence-corrected chi connectivity index (χ2v) is 18.9. The molecule has 2 aliphatic rings. The van der Waals surface area contributed by atoms with Gasteiger partial charge < -0.3 is 23.1 Å². The lowest BCUT2D eigenvalue weighted by molar-refractivity contribution is -0.221. The van der Waals surface area contributed by atoms with Gasteiger partial charge in [0.2, 0.25) is 0 Å². The maximum atomic E-state index is 7.44. The molecule has 0 radical (unpaired) electrons. The summed E-state index contributed by atoms with van der Waals surface area (Å²) in [7, 11) is -2.89. The van der Waals surface area contributed by atoms with Crippen molar-refractivity contribution in [2.24, 2.45) is 0 Å². The lowest BCUT2D eigenvalue weighted by Gasteiger charge is -2.51. The molecule has 220 valence electrons. The highest BCUT2D eigenvalue weighted by molar-refractivity contribution is 7.99. The fourth-order valence-corrected chi connectivity index (χ4v) is 12.2. The zero-order valence-corrected chi connectivity index (χ0v) is 26.9. The molecule has 41 heavy (non-hydrogen) atoms. The van der Waals surface area contributed by atoms with Gasteiger partial charge in [-0.05, 0) is 23.3 Å². The number of hydrogen-bond donors (Lipinski definition) is 0. The Morgan fingerprint density at radius 3 is 1.71 bits per heavy atom. The van der Waals surface area contributed by atoms with Gasteiger partial charge in [-0.25, -0.2) is 0 Å². The molecule has 5 nitrogen and oxygen atoms in total. The molecule has 2 aliphatic heterocycles. The van der Waals surface area contributed by atoms with Crippen LogP contribution in [0, 0.1) is 0 Å². The van der Waals surface area contributed by atoms with E-state index in [0.29, 0.717) is 19.8 Å². The van der Waals surface area contributed by atoms with E-state index in [1.54, 1.807) is 11.8 Å². The topological polar surface area (TPSA) is 46.2 Å². The van der Waals surface area contributed by atoms with Crippen LogP contribution in [0.3, 0.4) is 0 Å². The van der Waals surface area contributed by atoms with Crippen LogP contribution in [0.5, 0.6) is 0 Å². The van der Waals surface area contributed by atoms with Crippen molar-refractivity contribution in [1.82, 2.24) is 0 Å². The van der Waals surface area contributed by atoms with Crippen LogP contribution < -0.4 is 0 Å². The highest BCUT2D eigenvalue weighted by atomic mass is 32.2. The third kappa shape index (κ3) is 6.83. The molecule has 0 amide bonds. The van der Waals surface area contributed by atoms with Crippen molar-refractivity contribution >= 4 is 20.3 Å². The Morgan fingerprint density at radius 1 is 0.707 bits per heavy atom. The van der Waals surface area contributed by atoms with Gasteiger partial charge in [0.05, 0.1) is 19.8 Å². The van der Waals surface area contributed by atoms with Gasteiger partial charge in [0, 0.05) is 15.0 Å². The SMILES string of the molecule is CC(C)(C)[Si]1(C(C)(C)C)OC[C@H]2O[C@@H](Sc3ccccc3)[C@H](OCc3ccccc3)[C@@H](O1)[C@@H]2OCc1ccccc1. The number of thioether (sulfide) groups is 1. The lowest BCUT2D eigenvalue weighted by Crippen LogP contribution is -2.63. The Bertz CT molecular complexity index is 1210. The van der Waals surface area contributed by atoms with E-state index in [0.717, 1.165) is 16.0 Å². The van der Waals surface area contributed by atoms with Crippen molar-refractivity contribution in [1.29, 1.82) is 0 Å². The molecule has 2 saturated heterocycles. The number of hydrogen-bond acceptors (Lipinski definition) is 6. The Hall–Kier alpha value is -1.97. The number of benzene rings is 3. The first kappa shape index (κ1) is 30.5. The standard InChI is InChI=1S/C34H44O5SSi/c1-33(2,3)41(34(4,5)6)37-24-28-29(35-22-25-16-10-7-11-17-25)30(39-41)31(36-23-26-18-12-8-13-19-26)32(38-28)40-27-20-14-9-15-21-27/h7-21,28-32H,22-24H2,1-6H3/t28-,29-,30+,31-,32+/m1/s1. The van der Waals surface area contributed by atoms with Gasteiger partial charge in [-0.1, -0.05) is 132 Å². The molecule has 0 aromatic heterocycles. The highest BCUT2D eigenvalue weighted by Gasteiger charge is 2.64. The van der Waals surface area contributed by atoms with Crippen LogP contribution in [-0.4, -0.2) is 45.0 Å². The van der Waals surface area contributed by atoms with E-state index >= 15 is 0 Å². The Labute approximate surface area is 251 Å². The summed E-state index contributed by atoms with van der Waals surface area (Å²) in [6.07, 6.45) is -1.38. The fourth-order valence-electron chi connectivity index (χ4n) is 6.12. The minimum Gasteiger partial charge on any atom is -0.391 e. The maximum Gasteiger partial charge on any atom is 0.349 e. The lowest BCUT2D eigenvalue weighted by atomic mass is 9.99. The average molecular weight is 593 g/mol. The van der Waals surface area contributed by atoms with E-state index in [1.165, 1.54) is 0 Å². The fraction of sp³-hybridized carbons (Fsp3) is 0.471. The molecule has 7 heteroatoms. The van der Waals surface area contributed by atoms with Crippen LogP contribution in [0.1, 0.15) is 52.7 Å². The Kier molecular flexibility index (Phi) is 9.46. The van der Waals surface area contributed by atoms with Crippen LogP contribution in [0.25, 0.3) is 0 Å². The van der Waals surface area contributed by atoms with E-state index in [2.05, 4.69) is 90.1 Å². The normalized spacial score (nSPS) is 26.3. The first-order valence-electron chi connectivity index (χ1n) is 14.6. The molecule has 0 unspecified atom stereocenters. The summed E-state index contributed by atoms with van der Waals surface area (Å²) in [6.45, 7) is 14.8. The number of ether oxygens (including phenoxy) is 3. The van der Waals surface area contributed by atoms with E-state index in [-0.39, 0.29) is 39.9 Å². The first-order valence-corrected chi connectivity index (χ1v) is 17.3. The van der Waals surface area contributed by atoms with Crippen molar-refractivity contribution in [3.8, 4) is 0 Å². The quantitative estimate of drug-likeness (QED) is 0.246. The van der Waals surface area contributed by atoms with Crippen molar-refractivity contribution < 1.29 is 23.1 Å². The van der Waals surface area contributed by atoms with E-state index in [4.69, 9.17) is 23.1 Å². The summed E-state index contributed by atoms with van der Waals surface area (Å²) in [5, 5.41) is -0.391. The number of rotatable bonds is 8. The molecule has 0 saturated carbocycles. The molecule has 2 heterocycles. The monoisotopic (exact) mass is 592 g/mol. The van der Waals surface area contributed by atoms with E-state index in [1.807, 2.05) is 42.5 Å². The van der Waals surface area contributed by atoms with Gasteiger partial charge in [-0.3, -0.25) is 0 Å². The summed E-state index contributed by atoms with van der Waals surface area (Å²) < 4.78 is 34.8. The second-order valence-electron chi connectivity index (χ2n) is 13.0. The van der Waals surface area contributed by atoms with Gasteiger partial charge in [-0.15, -0.1) is 0 Å². The van der Waals surface area contributed by atoms with Gasteiger partial charge >= 0.3 is 8.56 Å². The predicted octanol–water partition coefficient (Wildman–Crippen LogP) is 8.13. The molecule has 0 spiro atoms. The Morgan fingerprint density at radius 2 is 1.20 bits per heavy atom. The summed E-state index contributed by atoms with van der Waals surface area (Å²) >= 11 is 1.68. The predicted molar refractivity (Wildman–Crippen MR) is 167 cm³/mol. The van der Waals surface area contributed by atoms with Crippen LogP contribution in [-0.2, 0) is 36.3 Å². The maximum absolute atomic E-state index is 7.44. The summed E-state index contributed by atoms with van der Waals surface area (Å²) in [6, 6.07) is 31.0. The summed E-state index contributed by atoms with van der Waals surface area (Å²) in [5.41, 5.74) is 1.93. The zero-order chi connectivity index (χ0) is 29.1. The van der Waals surface area contributed by atoms with Gasteiger partial charge in [0.25, 0.3) is 0 Å². The first-order chi connectivity index (χ1) is 19.6. The van der Waals surface area contributed by atoms with Gasteiger partial charge in [-0.2, -0.15) is 0 Å². The molecule has 0 aliphatic carbocycles. The van der Waals surface area contributed by atoms with Crippen LogP contribution in [0.15, 0.2) is 95.9 Å². The molecule has 2 fully saturated rings.